The molecule has 1 saturated heterocycles. The van der Waals surface area contributed by atoms with Gasteiger partial charge < -0.3 is 4.90 Å². The average Bonchev–Trinajstić information content (AvgIpc) is 2.86. The van der Waals surface area contributed by atoms with Crippen molar-refractivity contribution in [3.8, 4) is 0 Å². The van der Waals surface area contributed by atoms with Gasteiger partial charge in [-0.2, -0.15) is 0 Å². The van der Waals surface area contributed by atoms with E-state index in [1.807, 2.05) is 0 Å². The van der Waals surface area contributed by atoms with Crippen molar-refractivity contribution < 1.29 is 8.42 Å². The quantitative estimate of drug-likeness (QED) is 0.840. The van der Waals surface area contributed by atoms with Crippen LogP contribution >= 0.6 is 11.6 Å². The molecule has 7 heteroatoms. The lowest BCUT2D eigenvalue weighted by Gasteiger charge is -2.20. The minimum atomic E-state index is -3.58. The largest absolute Gasteiger partial charge is 0.301 e. The van der Waals surface area contributed by atoms with Gasteiger partial charge in [-0.05, 0) is 44.9 Å². The average molecular weight is 318 g/mol. The number of hydrogen-bond acceptors (Lipinski definition) is 4. The van der Waals surface area contributed by atoms with Gasteiger partial charge in [-0.15, -0.1) is 0 Å². The Morgan fingerprint density at radius 1 is 1.55 bits per heavy atom. The van der Waals surface area contributed by atoms with E-state index in [0.717, 1.165) is 19.5 Å². The van der Waals surface area contributed by atoms with Crippen LogP contribution in [0.1, 0.15) is 20.3 Å². The zero-order valence-corrected chi connectivity index (χ0v) is 13.3. The first-order chi connectivity index (χ1) is 9.40. The third kappa shape index (κ3) is 3.69. The fourth-order valence-corrected chi connectivity index (χ4v) is 3.94. The number of hydrogen-bond donors (Lipinski definition) is 1. The molecule has 5 nitrogen and oxygen atoms in total. The fourth-order valence-electron chi connectivity index (χ4n) is 2.38. The molecule has 1 aromatic heterocycles. The predicted molar refractivity (Wildman–Crippen MR) is 79.3 cm³/mol. The molecule has 1 aliphatic heterocycles. The summed E-state index contributed by atoms with van der Waals surface area (Å²) < 4.78 is 27.0. The third-order valence-corrected chi connectivity index (χ3v) is 5.49. The molecule has 112 valence electrons. The number of aromatic nitrogens is 1. The molecule has 1 aromatic rings. The Morgan fingerprint density at radius 3 is 2.90 bits per heavy atom. The van der Waals surface area contributed by atoms with Gasteiger partial charge in [-0.3, -0.25) is 0 Å². The van der Waals surface area contributed by atoms with Crippen molar-refractivity contribution in [3.63, 3.8) is 0 Å². The van der Waals surface area contributed by atoms with Crippen LogP contribution in [0.3, 0.4) is 0 Å². The smallest absolute Gasteiger partial charge is 0.243 e. The molecule has 1 N–H and O–H groups in total. The van der Waals surface area contributed by atoms with Gasteiger partial charge in [0.1, 0.15) is 10.0 Å². The van der Waals surface area contributed by atoms with Crippen molar-refractivity contribution in [2.45, 2.75) is 31.2 Å². The molecule has 1 unspecified atom stereocenters. The predicted octanol–water partition coefficient (Wildman–Crippen LogP) is 1.74. The molecule has 0 bridgehead atoms. The van der Waals surface area contributed by atoms with E-state index in [-0.39, 0.29) is 10.0 Å². The second-order valence-corrected chi connectivity index (χ2v) is 7.48. The van der Waals surface area contributed by atoms with Crippen molar-refractivity contribution in [2.75, 3.05) is 19.6 Å². The van der Waals surface area contributed by atoms with Crippen LogP contribution in [0.5, 0.6) is 0 Å². The second kappa shape index (κ2) is 6.39. The highest BCUT2D eigenvalue weighted by Gasteiger charge is 2.26. The summed E-state index contributed by atoms with van der Waals surface area (Å²) in [6.45, 7) is 6.71. The topological polar surface area (TPSA) is 62.3 Å². The summed E-state index contributed by atoms with van der Waals surface area (Å²) in [7, 11) is -3.58. The Hall–Kier alpha value is -0.690. The van der Waals surface area contributed by atoms with Crippen LogP contribution in [0.4, 0.5) is 0 Å². The monoisotopic (exact) mass is 317 g/mol. The zero-order chi connectivity index (χ0) is 14.8. The zero-order valence-electron chi connectivity index (χ0n) is 11.7. The van der Waals surface area contributed by atoms with E-state index in [2.05, 4.69) is 28.5 Å². The molecular formula is C13H20ClN3O2S. The Morgan fingerprint density at radius 2 is 2.30 bits per heavy atom. The molecule has 1 fully saturated rings. The van der Waals surface area contributed by atoms with E-state index in [0.29, 0.717) is 18.5 Å². The van der Waals surface area contributed by atoms with E-state index >= 15 is 0 Å². The third-order valence-electron chi connectivity index (χ3n) is 3.62. The SMILES string of the molecule is CC(C)N1CCC(CNS(=O)(=O)c2cccnc2Cl)C1. The fraction of sp³-hybridized carbons (Fsp3) is 0.615. The number of nitrogens with one attached hydrogen (secondary N) is 1. The molecule has 0 spiro atoms. The van der Waals surface area contributed by atoms with Crippen molar-refractivity contribution in [3.05, 3.63) is 23.5 Å². The lowest BCUT2D eigenvalue weighted by atomic mass is 10.1. The van der Waals surface area contributed by atoms with Crippen LogP contribution in [-0.2, 0) is 10.0 Å². The lowest BCUT2D eigenvalue weighted by Crippen LogP contribution is -2.33. The highest BCUT2D eigenvalue weighted by molar-refractivity contribution is 7.89. The second-order valence-electron chi connectivity index (χ2n) is 5.39. The van der Waals surface area contributed by atoms with E-state index in [1.54, 1.807) is 6.07 Å². The number of rotatable bonds is 5. The summed E-state index contributed by atoms with van der Waals surface area (Å²) in [4.78, 5) is 6.20. The van der Waals surface area contributed by atoms with Gasteiger partial charge in [0.05, 0.1) is 0 Å². The lowest BCUT2D eigenvalue weighted by molar-refractivity contribution is 0.265. The van der Waals surface area contributed by atoms with Gasteiger partial charge in [-0.1, -0.05) is 11.6 Å². The van der Waals surface area contributed by atoms with Gasteiger partial charge in [-0.25, -0.2) is 18.1 Å². The maximum atomic E-state index is 12.2. The Bertz CT molecular complexity index is 562. The van der Waals surface area contributed by atoms with Crippen LogP contribution in [0, 0.1) is 5.92 Å². The van der Waals surface area contributed by atoms with Gasteiger partial charge in [0, 0.05) is 25.3 Å². The highest BCUT2D eigenvalue weighted by Crippen LogP contribution is 2.20. The first-order valence-electron chi connectivity index (χ1n) is 6.74. The van der Waals surface area contributed by atoms with Gasteiger partial charge in [0.2, 0.25) is 10.0 Å². The summed E-state index contributed by atoms with van der Waals surface area (Å²) >= 11 is 5.83. The first kappa shape index (κ1) is 15.7. The number of halogens is 1. The maximum absolute atomic E-state index is 12.2. The van der Waals surface area contributed by atoms with Gasteiger partial charge >= 0.3 is 0 Å². The summed E-state index contributed by atoms with van der Waals surface area (Å²) in [6.07, 6.45) is 2.49. The molecule has 0 saturated carbocycles. The van der Waals surface area contributed by atoms with Crippen LogP contribution in [0.25, 0.3) is 0 Å². The van der Waals surface area contributed by atoms with Crippen LogP contribution in [-0.4, -0.2) is 44.0 Å². The normalized spacial score (nSPS) is 20.7. The highest BCUT2D eigenvalue weighted by atomic mass is 35.5. The summed E-state index contributed by atoms with van der Waals surface area (Å²) in [5.41, 5.74) is 0. The van der Waals surface area contributed by atoms with Crippen molar-refractivity contribution >= 4 is 21.6 Å². The standard InChI is InChI=1S/C13H20ClN3O2S/c1-10(2)17-7-5-11(9-17)8-16-20(18,19)12-4-3-6-15-13(12)14/h3-4,6,10-11,16H,5,7-9H2,1-2H3. The summed E-state index contributed by atoms with van der Waals surface area (Å²) in [5, 5.41) is 0.00947. The molecule has 1 aliphatic rings. The van der Waals surface area contributed by atoms with E-state index in [4.69, 9.17) is 11.6 Å². The summed E-state index contributed by atoms with van der Waals surface area (Å²) in [5.74, 6) is 0.350. The minimum Gasteiger partial charge on any atom is -0.301 e. The van der Waals surface area contributed by atoms with Crippen LogP contribution in [0.2, 0.25) is 5.15 Å². The summed E-state index contributed by atoms with van der Waals surface area (Å²) in [6, 6.07) is 3.54. The van der Waals surface area contributed by atoms with Crippen molar-refractivity contribution in [1.82, 2.24) is 14.6 Å². The molecule has 20 heavy (non-hydrogen) atoms. The molecule has 2 rings (SSSR count). The molecule has 2 heterocycles. The Balaban J connectivity index is 1.96. The molecular weight excluding hydrogens is 298 g/mol. The number of likely N-dealkylation sites (tertiary alicyclic amines) is 1. The molecule has 0 aromatic carbocycles. The van der Waals surface area contributed by atoms with Crippen molar-refractivity contribution in [1.29, 1.82) is 0 Å². The van der Waals surface area contributed by atoms with Gasteiger partial charge in [0.25, 0.3) is 0 Å². The van der Waals surface area contributed by atoms with Crippen LogP contribution < -0.4 is 4.72 Å². The molecule has 0 amide bonds. The molecule has 1 atom stereocenters. The molecule has 0 aliphatic carbocycles. The number of sulfonamides is 1. The first-order valence-corrected chi connectivity index (χ1v) is 8.60. The minimum absolute atomic E-state index is 0.00947. The number of pyridine rings is 1. The van der Waals surface area contributed by atoms with Crippen molar-refractivity contribution in [2.24, 2.45) is 5.92 Å². The Kier molecular flexibility index (Phi) is 5.01. The number of nitrogens with zero attached hydrogens (tertiary/aromatic N) is 2. The van der Waals surface area contributed by atoms with E-state index < -0.39 is 10.0 Å². The van der Waals surface area contributed by atoms with Crippen LogP contribution in [0.15, 0.2) is 23.2 Å². The Labute approximate surface area is 125 Å². The van der Waals surface area contributed by atoms with Gasteiger partial charge in [0.15, 0.2) is 0 Å². The van der Waals surface area contributed by atoms with E-state index in [9.17, 15) is 8.42 Å². The maximum Gasteiger partial charge on any atom is 0.243 e. The van der Waals surface area contributed by atoms with E-state index in [1.165, 1.54) is 12.3 Å². The molecule has 0 radical (unpaired) electrons.